The number of rotatable bonds is 3. The molecule has 1 atom stereocenters. The van der Waals surface area contributed by atoms with Gasteiger partial charge in [-0.3, -0.25) is 4.90 Å². The van der Waals surface area contributed by atoms with Crippen molar-refractivity contribution in [3.8, 4) is 11.5 Å². The van der Waals surface area contributed by atoms with Gasteiger partial charge in [0.15, 0.2) is 11.5 Å². The van der Waals surface area contributed by atoms with E-state index in [0.29, 0.717) is 12.8 Å². The number of benzene rings is 1. The summed E-state index contributed by atoms with van der Waals surface area (Å²) in [6.07, 6.45) is 5.28. The van der Waals surface area contributed by atoms with Crippen LogP contribution in [-0.2, 0) is 0 Å². The molecule has 0 aromatic heterocycles. The molecular formula is C17H24N2O2S. The topological polar surface area (TPSA) is 33.7 Å². The zero-order valence-electron chi connectivity index (χ0n) is 12.9. The first-order valence-corrected chi connectivity index (χ1v) is 9.52. The number of ether oxygens (including phenoxy) is 2. The van der Waals surface area contributed by atoms with Crippen molar-refractivity contribution in [2.24, 2.45) is 0 Å². The van der Waals surface area contributed by atoms with Crippen LogP contribution in [0.25, 0.3) is 0 Å². The summed E-state index contributed by atoms with van der Waals surface area (Å²) in [6.45, 7) is 2.79. The minimum Gasteiger partial charge on any atom is -0.454 e. The maximum atomic E-state index is 5.47. The second-order valence-corrected chi connectivity index (χ2v) is 7.61. The number of nitrogens with one attached hydrogen (secondary N) is 1. The van der Waals surface area contributed by atoms with Crippen LogP contribution in [0.3, 0.4) is 0 Å². The van der Waals surface area contributed by atoms with Crippen LogP contribution in [0.5, 0.6) is 11.5 Å². The van der Waals surface area contributed by atoms with Crippen LogP contribution in [0.2, 0.25) is 0 Å². The minimum absolute atomic E-state index is 0.343. The van der Waals surface area contributed by atoms with Crippen molar-refractivity contribution in [2.75, 3.05) is 36.7 Å². The SMILES string of the molecule is c1cc2c(cc1N[C@@H]1CCCN(C3CCSCC3)C1)OCO2. The van der Waals surface area contributed by atoms with Gasteiger partial charge >= 0.3 is 0 Å². The van der Waals surface area contributed by atoms with Crippen molar-refractivity contribution in [3.63, 3.8) is 0 Å². The molecule has 0 unspecified atom stereocenters. The van der Waals surface area contributed by atoms with E-state index in [4.69, 9.17) is 9.47 Å². The van der Waals surface area contributed by atoms with Crippen molar-refractivity contribution < 1.29 is 9.47 Å². The Morgan fingerprint density at radius 2 is 1.95 bits per heavy atom. The molecule has 0 bridgehead atoms. The number of piperidine rings is 1. The molecule has 3 aliphatic rings. The first kappa shape index (κ1) is 14.5. The van der Waals surface area contributed by atoms with Gasteiger partial charge in [-0.05, 0) is 55.9 Å². The third-order valence-electron chi connectivity index (χ3n) is 4.90. The fraction of sp³-hybridized carbons (Fsp3) is 0.647. The third kappa shape index (κ3) is 3.15. The molecule has 0 aliphatic carbocycles. The van der Waals surface area contributed by atoms with Crippen molar-refractivity contribution in [2.45, 2.75) is 37.8 Å². The summed E-state index contributed by atoms with van der Waals surface area (Å²) in [5.41, 5.74) is 1.15. The first-order valence-electron chi connectivity index (χ1n) is 8.36. The fourth-order valence-electron chi connectivity index (χ4n) is 3.73. The van der Waals surface area contributed by atoms with E-state index in [0.717, 1.165) is 23.2 Å². The molecule has 2 saturated heterocycles. The molecule has 0 saturated carbocycles. The highest BCUT2D eigenvalue weighted by molar-refractivity contribution is 7.99. The summed E-state index contributed by atoms with van der Waals surface area (Å²) in [6, 6.07) is 7.53. The minimum atomic E-state index is 0.343. The van der Waals surface area contributed by atoms with Crippen molar-refractivity contribution in [1.29, 1.82) is 0 Å². The normalized spacial score (nSPS) is 26.1. The number of hydrogen-bond acceptors (Lipinski definition) is 5. The molecular weight excluding hydrogens is 296 g/mol. The molecule has 5 heteroatoms. The summed E-state index contributed by atoms with van der Waals surface area (Å²) in [7, 11) is 0. The number of fused-ring (bicyclic) bond motifs is 1. The van der Waals surface area contributed by atoms with Gasteiger partial charge in [0.1, 0.15) is 0 Å². The first-order chi connectivity index (χ1) is 10.9. The maximum absolute atomic E-state index is 5.47. The van der Waals surface area contributed by atoms with Gasteiger partial charge in [-0.1, -0.05) is 0 Å². The van der Waals surface area contributed by atoms with E-state index < -0.39 is 0 Å². The predicted octanol–water partition coefficient (Wildman–Crippen LogP) is 3.19. The summed E-state index contributed by atoms with van der Waals surface area (Å²) in [5, 5.41) is 3.70. The van der Waals surface area contributed by atoms with E-state index in [1.807, 2.05) is 6.07 Å². The lowest BCUT2D eigenvalue weighted by atomic mass is 10.0. The molecule has 120 valence electrons. The quantitative estimate of drug-likeness (QED) is 0.925. The zero-order valence-corrected chi connectivity index (χ0v) is 13.7. The molecule has 1 aromatic rings. The van der Waals surface area contributed by atoms with Gasteiger partial charge in [-0.2, -0.15) is 11.8 Å². The highest BCUT2D eigenvalue weighted by Gasteiger charge is 2.27. The van der Waals surface area contributed by atoms with Crippen molar-refractivity contribution in [3.05, 3.63) is 18.2 Å². The molecule has 2 fully saturated rings. The largest absolute Gasteiger partial charge is 0.454 e. The number of hydrogen-bond donors (Lipinski definition) is 1. The lowest BCUT2D eigenvalue weighted by Crippen LogP contribution is -2.48. The van der Waals surface area contributed by atoms with Crippen LogP contribution in [0.15, 0.2) is 18.2 Å². The molecule has 3 heterocycles. The van der Waals surface area contributed by atoms with Gasteiger partial charge in [0.05, 0.1) is 0 Å². The lowest BCUT2D eigenvalue weighted by Gasteiger charge is -2.40. The summed E-state index contributed by atoms with van der Waals surface area (Å²) in [5.74, 6) is 4.39. The molecule has 4 nitrogen and oxygen atoms in total. The Hall–Kier alpha value is -1.07. The van der Waals surface area contributed by atoms with E-state index in [-0.39, 0.29) is 0 Å². The van der Waals surface area contributed by atoms with Gasteiger partial charge in [0.25, 0.3) is 0 Å². The summed E-state index contributed by atoms with van der Waals surface area (Å²) in [4.78, 5) is 2.72. The molecule has 0 spiro atoms. The molecule has 22 heavy (non-hydrogen) atoms. The molecule has 4 rings (SSSR count). The van der Waals surface area contributed by atoms with Gasteiger partial charge in [0.2, 0.25) is 6.79 Å². The summed E-state index contributed by atoms with van der Waals surface area (Å²) < 4.78 is 10.8. The summed E-state index contributed by atoms with van der Waals surface area (Å²) >= 11 is 2.11. The van der Waals surface area contributed by atoms with Gasteiger partial charge in [0, 0.05) is 30.4 Å². The Morgan fingerprint density at radius 3 is 2.86 bits per heavy atom. The van der Waals surface area contributed by atoms with E-state index >= 15 is 0 Å². The second-order valence-electron chi connectivity index (χ2n) is 6.39. The monoisotopic (exact) mass is 320 g/mol. The second kappa shape index (κ2) is 6.59. The molecule has 1 aromatic carbocycles. The van der Waals surface area contributed by atoms with Crippen molar-refractivity contribution in [1.82, 2.24) is 4.90 Å². The molecule has 3 aliphatic heterocycles. The molecule has 0 radical (unpaired) electrons. The highest BCUT2D eigenvalue weighted by Crippen LogP contribution is 2.35. The van der Waals surface area contributed by atoms with Crippen LogP contribution < -0.4 is 14.8 Å². The smallest absolute Gasteiger partial charge is 0.231 e. The lowest BCUT2D eigenvalue weighted by molar-refractivity contribution is 0.146. The Labute approximate surface area is 136 Å². The van der Waals surface area contributed by atoms with Crippen LogP contribution in [0.4, 0.5) is 5.69 Å². The van der Waals surface area contributed by atoms with E-state index in [1.54, 1.807) is 0 Å². The van der Waals surface area contributed by atoms with Crippen LogP contribution in [0, 0.1) is 0 Å². The molecule has 1 N–H and O–H groups in total. The average molecular weight is 320 g/mol. The van der Waals surface area contributed by atoms with Gasteiger partial charge in [-0.15, -0.1) is 0 Å². The Bertz CT molecular complexity index is 519. The molecule has 0 amide bonds. The zero-order chi connectivity index (χ0) is 14.8. The van der Waals surface area contributed by atoms with Gasteiger partial charge in [-0.25, -0.2) is 0 Å². The standard InChI is InChI=1S/C17H24N2O2S/c1-2-14(11-19(7-1)15-5-8-22-9-6-15)18-13-3-4-16-17(10-13)21-12-20-16/h3-4,10,14-15,18H,1-2,5-9,11-12H2/t14-/m1/s1. The Kier molecular flexibility index (Phi) is 4.35. The van der Waals surface area contributed by atoms with Crippen LogP contribution in [-0.4, -0.2) is 48.4 Å². The van der Waals surface area contributed by atoms with Crippen LogP contribution >= 0.6 is 11.8 Å². The van der Waals surface area contributed by atoms with E-state index in [9.17, 15) is 0 Å². The third-order valence-corrected chi connectivity index (χ3v) is 5.95. The van der Waals surface area contributed by atoms with Crippen molar-refractivity contribution >= 4 is 17.4 Å². The van der Waals surface area contributed by atoms with Crippen LogP contribution in [0.1, 0.15) is 25.7 Å². The predicted molar refractivity (Wildman–Crippen MR) is 91.1 cm³/mol. The van der Waals surface area contributed by atoms with E-state index in [1.165, 1.54) is 50.3 Å². The number of anilines is 1. The van der Waals surface area contributed by atoms with E-state index in [2.05, 4.69) is 34.1 Å². The number of nitrogens with zero attached hydrogens (tertiary/aromatic N) is 1. The van der Waals surface area contributed by atoms with Gasteiger partial charge < -0.3 is 14.8 Å². The highest BCUT2D eigenvalue weighted by atomic mass is 32.2. The number of thioether (sulfide) groups is 1. The maximum Gasteiger partial charge on any atom is 0.231 e. The Balaban J connectivity index is 1.38. The number of likely N-dealkylation sites (tertiary alicyclic amines) is 1. The Morgan fingerprint density at radius 1 is 1.09 bits per heavy atom. The fourth-order valence-corrected chi connectivity index (χ4v) is 4.81. The average Bonchev–Trinajstić information content (AvgIpc) is 3.04.